The van der Waals surface area contributed by atoms with Crippen LogP contribution in [0.25, 0.3) is 10.8 Å². The van der Waals surface area contributed by atoms with E-state index >= 15 is 0 Å². The van der Waals surface area contributed by atoms with Gasteiger partial charge in [-0.3, -0.25) is 14.4 Å². The van der Waals surface area contributed by atoms with Crippen molar-refractivity contribution in [3.63, 3.8) is 0 Å². The van der Waals surface area contributed by atoms with Crippen molar-refractivity contribution in [3.8, 4) is 0 Å². The highest BCUT2D eigenvalue weighted by molar-refractivity contribution is 5.92. The third kappa shape index (κ3) is 10.0. The fourth-order valence-corrected chi connectivity index (χ4v) is 3.38. The molecule has 0 aliphatic heterocycles. The van der Waals surface area contributed by atoms with Crippen LogP contribution in [0.4, 0.5) is 17.6 Å². The number of rotatable bonds is 9. The maximum absolute atomic E-state index is 13.2. The van der Waals surface area contributed by atoms with E-state index in [0.717, 1.165) is 16.3 Å². The molecule has 3 rings (SSSR count). The van der Waals surface area contributed by atoms with Gasteiger partial charge in [-0.25, -0.2) is 9.18 Å². The molecule has 0 fully saturated rings. The Morgan fingerprint density at radius 1 is 0.872 bits per heavy atom. The van der Waals surface area contributed by atoms with E-state index in [1.807, 2.05) is 42.5 Å². The molecule has 0 aliphatic rings. The second kappa shape index (κ2) is 13.9. The molecule has 6 N–H and O–H groups in total. The smallest absolute Gasteiger partial charge is 0.481 e. The maximum atomic E-state index is 13.2. The molecule has 3 aromatic rings. The summed E-state index contributed by atoms with van der Waals surface area (Å²) in [7, 11) is 0. The number of amides is 2. The highest BCUT2D eigenvalue weighted by Crippen LogP contribution is 2.18. The molecule has 0 bridgehead atoms. The van der Waals surface area contributed by atoms with Crippen LogP contribution in [0.5, 0.6) is 0 Å². The molecule has 0 aliphatic carbocycles. The van der Waals surface area contributed by atoms with Gasteiger partial charge in [0.1, 0.15) is 11.9 Å². The third-order valence-electron chi connectivity index (χ3n) is 5.29. The number of benzene rings is 3. The molecule has 2 amide bonds. The van der Waals surface area contributed by atoms with Gasteiger partial charge < -0.3 is 26.6 Å². The topological polar surface area (TPSA) is 159 Å². The summed E-state index contributed by atoms with van der Waals surface area (Å²) < 4.78 is 45.0. The number of carbonyl (C=O) groups is 4. The van der Waals surface area contributed by atoms with Crippen LogP contribution in [0.3, 0.4) is 0 Å². The van der Waals surface area contributed by atoms with Gasteiger partial charge in [0, 0.05) is 13.0 Å². The number of nitrogens with one attached hydrogen (secondary N) is 2. The number of hydrogen-bond donors (Lipinski definition) is 5. The number of hydrogen-bond acceptors (Lipinski definition) is 5. The van der Waals surface area contributed by atoms with E-state index in [1.54, 1.807) is 0 Å². The molecule has 1 unspecified atom stereocenters. The molecule has 13 heteroatoms. The van der Waals surface area contributed by atoms with E-state index in [-0.39, 0.29) is 13.0 Å². The lowest BCUT2D eigenvalue weighted by Crippen LogP contribution is -2.52. The Balaban J connectivity index is 0.000000673. The zero-order valence-corrected chi connectivity index (χ0v) is 20.2. The van der Waals surface area contributed by atoms with Crippen LogP contribution in [-0.4, -0.2) is 52.2 Å². The van der Waals surface area contributed by atoms with Crippen LogP contribution >= 0.6 is 0 Å². The predicted octanol–water partition coefficient (Wildman–Crippen LogP) is 2.76. The number of halogens is 4. The molecule has 0 saturated heterocycles. The van der Waals surface area contributed by atoms with E-state index in [1.165, 1.54) is 24.3 Å². The Bertz CT molecular complexity index is 1310. The van der Waals surface area contributed by atoms with Crippen molar-refractivity contribution >= 4 is 34.5 Å². The molecule has 3 aromatic carbocycles. The molecule has 0 radical (unpaired) electrons. The Hall–Kier alpha value is -4.52. The standard InChI is InChI=1S/C24H24FN3O4.C2HF3O2/c25-18-10-8-15(9-11-18)12-21(28-23(31)20(26)13-22(29)30)24(32)27-14-17-6-3-5-16-4-1-2-7-19(16)17;3-2(4,5)1(6)7/h1-11,20-21H,12-14,26H2,(H,27,32)(H,28,31)(H,29,30);(H,6,7)/t20?,21-;/m0./s1. The van der Waals surface area contributed by atoms with Crippen molar-refractivity contribution in [3.05, 3.63) is 83.7 Å². The molecular formula is C26H25F4N3O6. The lowest BCUT2D eigenvalue weighted by Gasteiger charge is -2.21. The first-order valence-electron chi connectivity index (χ1n) is 11.3. The number of carboxylic acid groups (broad SMARTS) is 2. The predicted molar refractivity (Wildman–Crippen MR) is 132 cm³/mol. The second-order valence-electron chi connectivity index (χ2n) is 8.26. The van der Waals surface area contributed by atoms with E-state index in [0.29, 0.717) is 5.56 Å². The summed E-state index contributed by atoms with van der Waals surface area (Å²) in [4.78, 5) is 45.0. The number of carboxylic acids is 2. The summed E-state index contributed by atoms with van der Waals surface area (Å²) in [6.45, 7) is 0.233. The van der Waals surface area contributed by atoms with Crippen molar-refractivity contribution < 1.29 is 47.0 Å². The van der Waals surface area contributed by atoms with Crippen molar-refractivity contribution in [1.82, 2.24) is 10.6 Å². The van der Waals surface area contributed by atoms with Gasteiger partial charge in [0.15, 0.2) is 0 Å². The zero-order valence-electron chi connectivity index (χ0n) is 20.2. The quantitative estimate of drug-likeness (QED) is 0.256. The molecule has 9 nitrogen and oxygen atoms in total. The SMILES string of the molecule is NC(CC(=O)O)C(=O)N[C@@H](Cc1ccc(F)cc1)C(=O)NCc1cccc2ccccc12.O=C(O)C(F)(F)F. The lowest BCUT2D eigenvalue weighted by atomic mass is 10.0. The lowest BCUT2D eigenvalue weighted by molar-refractivity contribution is -0.192. The molecule has 0 spiro atoms. The first-order chi connectivity index (χ1) is 18.3. The molecule has 0 saturated carbocycles. The van der Waals surface area contributed by atoms with Gasteiger partial charge in [0.05, 0.1) is 12.5 Å². The number of alkyl halides is 3. The van der Waals surface area contributed by atoms with E-state index in [2.05, 4.69) is 10.6 Å². The van der Waals surface area contributed by atoms with Crippen LogP contribution < -0.4 is 16.4 Å². The average molecular weight is 551 g/mol. The summed E-state index contributed by atoms with van der Waals surface area (Å²) >= 11 is 0. The first kappa shape index (κ1) is 30.7. The fraction of sp³-hybridized carbons (Fsp3) is 0.231. The number of fused-ring (bicyclic) bond motifs is 1. The van der Waals surface area contributed by atoms with Crippen molar-refractivity contribution in [2.45, 2.75) is 37.6 Å². The minimum atomic E-state index is -5.08. The van der Waals surface area contributed by atoms with Crippen LogP contribution in [0, 0.1) is 5.82 Å². The van der Waals surface area contributed by atoms with Crippen molar-refractivity contribution in [2.24, 2.45) is 5.73 Å². The van der Waals surface area contributed by atoms with E-state index < -0.39 is 54.3 Å². The fourth-order valence-electron chi connectivity index (χ4n) is 3.38. The Kier molecular flexibility index (Phi) is 10.9. The van der Waals surface area contributed by atoms with Gasteiger partial charge in [-0.1, -0.05) is 54.6 Å². The minimum Gasteiger partial charge on any atom is -0.481 e. The summed E-state index contributed by atoms with van der Waals surface area (Å²) in [5, 5.41) is 23.4. The molecule has 39 heavy (non-hydrogen) atoms. The summed E-state index contributed by atoms with van der Waals surface area (Å²) in [6.07, 6.45) is -5.56. The normalized spacial score (nSPS) is 12.4. The second-order valence-corrected chi connectivity index (χ2v) is 8.26. The summed E-state index contributed by atoms with van der Waals surface area (Å²) in [5.41, 5.74) is 7.17. The van der Waals surface area contributed by atoms with Gasteiger partial charge in [0.2, 0.25) is 11.8 Å². The van der Waals surface area contributed by atoms with E-state index in [4.69, 9.17) is 20.7 Å². The molecule has 2 atom stereocenters. The molecular weight excluding hydrogens is 526 g/mol. The maximum Gasteiger partial charge on any atom is 0.490 e. The monoisotopic (exact) mass is 551 g/mol. The van der Waals surface area contributed by atoms with Crippen molar-refractivity contribution in [2.75, 3.05) is 0 Å². The molecule has 0 heterocycles. The highest BCUT2D eigenvalue weighted by Gasteiger charge is 2.38. The van der Waals surface area contributed by atoms with Crippen LogP contribution in [0.1, 0.15) is 17.5 Å². The first-order valence-corrected chi connectivity index (χ1v) is 11.3. The molecule has 0 aromatic heterocycles. The van der Waals surface area contributed by atoms with Gasteiger partial charge >= 0.3 is 18.1 Å². The van der Waals surface area contributed by atoms with Crippen LogP contribution in [0.2, 0.25) is 0 Å². The van der Waals surface area contributed by atoms with Gasteiger partial charge in [-0.05, 0) is 34.0 Å². The largest absolute Gasteiger partial charge is 0.490 e. The van der Waals surface area contributed by atoms with Crippen LogP contribution in [-0.2, 0) is 32.1 Å². The van der Waals surface area contributed by atoms with Gasteiger partial charge in [-0.2, -0.15) is 13.2 Å². The Morgan fingerprint density at radius 3 is 2.05 bits per heavy atom. The number of aliphatic carboxylic acids is 2. The zero-order chi connectivity index (χ0) is 29.2. The van der Waals surface area contributed by atoms with Crippen molar-refractivity contribution in [1.29, 1.82) is 0 Å². The van der Waals surface area contributed by atoms with Crippen LogP contribution in [0.15, 0.2) is 66.7 Å². The van der Waals surface area contributed by atoms with E-state index in [9.17, 15) is 31.9 Å². The minimum absolute atomic E-state index is 0.0905. The summed E-state index contributed by atoms with van der Waals surface area (Å²) in [6, 6.07) is 16.8. The number of nitrogens with two attached hydrogens (primary N) is 1. The average Bonchev–Trinajstić information content (AvgIpc) is 2.87. The Labute approximate surface area is 219 Å². The number of carbonyl (C=O) groups excluding carboxylic acids is 2. The van der Waals surface area contributed by atoms with Gasteiger partial charge in [-0.15, -0.1) is 0 Å². The molecule has 208 valence electrons. The van der Waals surface area contributed by atoms with Gasteiger partial charge in [0.25, 0.3) is 0 Å². The Morgan fingerprint density at radius 2 is 1.46 bits per heavy atom. The summed E-state index contributed by atoms with van der Waals surface area (Å²) in [5.74, 6) is -5.60. The highest BCUT2D eigenvalue weighted by atomic mass is 19.4. The third-order valence-corrected chi connectivity index (χ3v) is 5.29.